The van der Waals surface area contributed by atoms with Crippen LogP contribution in [0.2, 0.25) is 0 Å². The maximum absolute atomic E-state index is 12.9. The largest absolute Gasteiger partial charge is 0.490 e. The molecular formula is C19H24N4O3S2. The predicted molar refractivity (Wildman–Crippen MR) is 111 cm³/mol. The zero-order chi connectivity index (χ0) is 19.3. The summed E-state index contributed by atoms with van der Waals surface area (Å²) in [6.45, 7) is 4.96. The van der Waals surface area contributed by atoms with Gasteiger partial charge in [-0.2, -0.15) is 0 Å². The lowest BCUT2D eigenvalue weighted by atomic mass is 10.0. The van der Waals surface area contributed by atoms with E-state index in [0.717, 1.165) is 58.9 Å². The molecular weight excluding hydrogens is 396 g/mol. The smallest absolute Gasteiger partial charge is 0.233 e. The summed E-state index contributed by atoms with van der Waals surface area (Å²) in [5, 5.41) is 12.2. The lowest BCUT2D eigenvalue weighted by molar-refractivity contribution is -0.129. The molecule has 2 aliphatic heterocycles. The van der Waals surface area contributed by atoms with Gasteiger partial charge in [0.25, 0.3) is 0 Å². The third-order valence-electron chi connectivity index (χ3n) is 4.78. The quantitative estimate of drug-likeness (QED) is 0.716. The van der Waals surface area contributed by atoms with Gasteiger partial charge in [-0.25, -0.2) is 0 Å². The summed E-state index contributed by atoms with van der Waals surface area (Å²) in [7, 11) is 0. The average molecular weight is 421 g/mol. The van der Waals surface area contributed by atoms with E-state index < -0.39 is 0 Å². The fraction of sp³-hybridized carbons (Fsp3) is 0.526. The van der Waals surface area contributed by atoms with Crippen LogP contribution >= 0.6 is 23.1 Å². The maximum atomic E-state index is 12.9. The summed E-state index contributed by atoms with van der Waals surface area (Å²) in [4.78, 5) is 14.9. The first-order valence-corrected chi connectivity index (χ1v) is 11.4. The summed E-state index contributed by atoms with van der Waals surface area (Å²) in [6, 6.07) is 6.16. The van der Waals surface area contributed by atoms with E-state index in [-0.39, 0.29) is 11.9 Å². The Labute approximate surface area is 172 Å². The molecule has 1 unspecified atom stereocenters. The van der Waals surface area contributed by atoms with Gasteiger partial charge in [0.15, 0.2) is 15.8 Å². The number of anilines is 1. The monoisotopic (exact) mass is 420 g/mol. The number of rotatable bonds is 6. The van der Waals surface area contributed by atoms with E-state index in [1.165, 1.54) is 23.1 Å². The summed E-state index contributed by atoms with van der Waals surface area (Å²) >= 11 is 2.94. The Hall–Kier alpha value is -2.00. The van der Waals surface area contributed by atoms with Gasteiger partial charge in [-0.3, -0.25) is 4.79 Å². The second-order valence-corrected chi connectivity index (χ2v) is 8.89. The number of thioether (sulfide) groups is 1. The summed E-state index contributed by atoms with van der Waals surface area (Å²) in [6.07, 6.45) is 2.87. The molecule has 0 aliphatic carbocycles. The van der Waals surface area contributed by atoms with Crippen LogP contribution in [0, 0.1) is 0 Å². The number of hydrogen-bond donors (Lipinski definition) is 1. The summed E-state index contributed by atoms with van der Waals surface area (Å²) in [5.74, 6) is 2.09. The second kappa shape index (κ2) is 9.00. The number of nitrogens with zero attached hydrogens (tertiary/aromatic N) is 3. The van der Waals surface area contributed by atoms with Crippen LogP contribution in [0.3, 0.4) is 0 Å². The lowest BCUT2D eigenvalue weighted by Gasteiger charge is -2.25. The number of benzene rings is 1. The minimum Gasteiger partial charge on any atom is -0.490 e. The molecule has 1 N–H and O–H groups in total. The molecule has 1 atom stereocenters. The van der Waals surface area contributed by atoms with Crippen LogP contribution in [-0.4, -0.2) is 53.1 Å². The van der Waals surface area contributed by atoms with E-state index in [9.17, 15) is 4.79 Å². The number of aromatic nitrogens is 2. The van der Waals surface area contributed by atoms with Gasteiger partial charge >= 0.3 is 0 Å². The molecule has 0 spiro atoms. The first-order valence-electron chi connectivity index (χ1n) is 9.64. The molecule has 0 saturated carbocycles. The average Bonchev–Trinajstić information content (AvgIpc) is 3.31. The minimum absolute atomic E-state index is 0.0944. The van der Waals surface area contributed by atoms with E-state index in [2.05, 4.69) is 21.6 Å². The van der Waals surface area contributed by atoms with E-state index in [1.807, 2.05) is 24.0 Å². The van der Waals surface area contributed by atoms with Crippen molar-refractivity contribution < 1.29 is 14.3 Å². The molecule has 28 heavy (non-hydrogen) atoms. The number of likely N-dealkylation sites (tertiary alicyclic amines) is 1. The standard InChI is InChI=1S/C19H24N4O3S2/c1-2-20-18-21-22-19(28-18)27-12-17(24)23-8-3-5-14(23)13-6-7-15-16(11-13)26-10-4-9-25-15/h6-7,11,14H,2-5,8-10,12H2,1H3,(H,20,21). The third kappa shape index (κ3) is 4.35. The molecule has 0 radical (unpaired) electrons. The molecule has 1 amide bonds. The number of carbonyl (C=O) groups is 1. The molecule has 150 valence electrons. The van der Waals surface area contributed by atoms with Crippen LogP contribution in [0.25, 0.3) is 0 Å². The van der Waals surface area contributed by atoms with E-state index in [4.69, 9.17) is 9.47 Å². The Morgan fingerprint density at radius 3 is 3.00 bits per heavy atom. The third-order valence-corrected chi connectivity index (χ3v) is 6.78. The molecule has 2 aliphatic rings. The molecule has 1 saturated heterocycles. The first-order chi connectivity index (χ1) is 13.7. The zero-order valence-electron chi connectivity index (χ0n) is 15.8. The van der Waals surface area contributed by atoms with Gasteiger partial charge in [-0.15, -0.1) is 10.2 Å². The second-order valence-electron chi connectivity index (χ2n) is 6.69. The van der Waals surface area contributed by atoms with Gasteiger partial charge < -0.3 is 19.7 Å². The highest BCUT2D eigenvalue weighted by molar-refractivity contribution is 8.01. The van der Waals surface area contributed by atoms with Crippen molar-refractivity contribution in [2.45, 2.75) is 36.6 Å². The highest BCUT2D eigenvalue weighted by atomic mass is 32.2. The molecule has 2 aromatic rings. The molecule has 7 nitrogen and oxygen atoms in total. The molecule has 0 bridgehead atoms. The molecule has 1 fully saturated rings. The fourth-order valence-corrected chi connectivity index (χ4v) is 5.20. The van der Waals surface area contributed by atoms with Crippen LogP contribution in [0.4, 0.5) is 5.13 Å². The number of nitrogens with one attached hydrogen (secondary N) is 1. The molecule has 4 rings (SSSR count). The van der Waals surface area contributed by atoms with E-state index >= 15 is 0 Å². The highest BCUT2D eigenvalue weighted by Crippen LogP contribution is 2.38. The summed E-state index contributed by atoms with van der Waals surface area (Å²) < 4.78 is 12.4. The SMILES string of the molecule is CCNc1nnc(SCC(=O)N2CCCC2c2ccc3c(c2)OCCCO3)s1. The normalized spacial score (nSPS) is 18.8. The van der Waals surface area contributed by atoms with Gasteiger partial charge in [0, 0.05) is 19.5 Å². The number of ether oxygens (including phenoxy) is 2. The lowest BCUT2D eigenvalue weighted by Crippen LogP contribution is -2.32. The highest BCUT2D eigenvalue weighted by Gasteiger charge is 2.30. The van der Waals surface area contributed by atoms with Crippen molar-refractivity contribution in [1.82, 2.24) is 15.1 Å². The van der Waals surface area contributed by atoms with E-state index in [1.54, 1.807) is 0 Å². The molecule has 1 aromatic carbocycles. The Balaban J connectivity index is 1.41. The first kappa shape index (κ1) is 19.3. The van der Waals surface area contributed by atoms with Crippen molar-refractivity contribution in [2.24, 2.45) is 0 Å². The minimum atomic E-state index is 0.0944. The fourth-order valence-electron chi connectivity index (χ4n) is 3.50. The van der Waals surface area contributed by atoms with Crippen LogP contribution in [-0.2, 0) is 4.79 Å². The van der Waals surface area contributed by atoms with Gasteiger partial charge in [-0.05, 0) is 37.5 Å². The Morgan fingerprint density at radius 2 is 2.14 bits per heavy atom. The zero-order valence-corrected chi connectivity index (χ0v) is 17.5. The summed E-state index contributed by atoms with van der Waals surface area (Å²) in [5.41, 5.74) is 1.12. The van der Waals surface area contributed by atoms with Gasteiger partial charge in [0.2, 0.25) is 11.0 Å². The van der Waals surface area contributed by atoms with Gasteiger partial charge in [0.05, 0.1) is 25.0 Å². The number of carbonyl (C=O) groups excluding carboxylic acids is 1. The van der Waals surface area contributed by atoms with Crippen molar-refractivity contribution in [3.8, 4) is 11.5 Å². The van der Waals surface area contributed by atoms with Crippen molar-refractivity contribution >= 4 is 34.1 Å². The maximum Gasteiger partial charge on any atom is 0.233 e. The number of hydrogen-bond acceptors (Lipinski definition) is 8. The van der Waals surface area contributed by atoms with Crippen LogP contribution in [0.1, 0.15) is 37.8 Å². The van der Waals surface area contributed by atoms with Crippen molar-refractivity contribution in [3.63, 3.8) is 0 Å². The van der Waals surface area contributed by atoms with Crippen molar-refractivity contribution in [2.75, 3.05) is 37.4 Å². The molecule has 1 aromatic heterocycles. The van der Waals surface area contributed by atoms with Gasteiger partial charge in [-0.1, -0.05) is 29.2 Å². The van der Waals surface area contributed by atoms with Crippen LogP contribution in [0.15, 0.2) is 22.5 Å². The van der Waals surface area contributed by atoms with Crippen molar-refractivity contribution in [1.29, 1.82) is 0 Å². The van der Waals surface area contributed by atoms with Gasteiger partial charge in [0.1, 0.15) is 0 Å². The van der Waals surface area contributed by atoms with Crippen molar-refractivity contribution in [3.05, 3.63) is 23.8 Å². The molecule has 3 heterocycles. The Kier molecular flexibility index (Phi) is 6.21. The number of fused-ring (bicyclic) bond motifs is 1. The van der Waals surface area contributed by atoms with E-state index in [0.29, 0.717) is 19.0 Å². The van der Waals surface area contributed by atoms with Crippen LogP contribution in [0.5, 0.6) is 11.5 Å². The Bertz CT molecular complexity index is 829. The van der Waals surface area contributed by atoms with Crippen LogP contribution < -0.4 is 14.8 Å². The topological polar surface area (TPSA) is 76.6 Å². The Morgan fingerprint density at radius 1 is 1.29 bits per heavy atom. The molecule has 9 heteroatoms. The number of amides is 1. The predicted octanol–water partition coefficient (Wildman–Crippen LogP) is 3.59.